The molecule has 108 valence electrons. The van der Waals surface area contributed by atoms with Crippen molar-refractivity contribution < 1.29 is 18.0 Å². The zero-order valence-electron chi connectivity index (χ0n) is 10.5. The lowest BCUT2D eigenvalue weighted by molar-refractivity contribution is -0.116. The van der Waals surface area contributed by atoms with Crippen LogP contribution in [0.25, 0.3) is 0 Å². The first kappa shape index (κ1) is 14.6. The highest BCUT2D eigenvalue weighted by Crippen LogP contribution is 2.22. The number of amides is 1. The van der Waals surface area contributed by atoms with Gasteiger partial charge in [0.25, 0.3) is 0 Å². The van der Waals surface area contributed by atoms with Crippen molar-refractivity contribution >= 4 is 11.6 Å². The second-order valence-electron chi connectivity index (χ2n) is 4.00. The molecule has 1 amide bonds. The largest absolute Gasteiger partial charge is 0.322 e. The lowest BCUT2D eigenvalue weighted by Crippen LogP contribution is -2.23. The Balaban J connectivity index is 2.26. The van der Waals surface area contributed by atoms with E-state index in [0.29, 0.717) is 4.57 Å². The van der Waals surface area contributed by atoms with E-state index in [2.05, 4.69) is 10.3 Å². The summed E-state index contributed by atoms with van der Waals surface area (Å²) in [6, 6.07) is 6.92. The van der Waals surface area contributed by atoms with Crippen LogP contribution < -0.4 is 5.32 Å². The molecular formula is C13H9F3N4O. The van der Waals surface area contributed by atoms with Crippen LogP contribution in [0.1, 0.15) is 18.3 Å². The van der Waals surface area contributed by atoms with Crippen LogP contribution in [0, 0.1) is 17.1 Å². The number of hydrogen-bond donors (Lipinski definition) is 1. The fraction of sp³-hybridized carbons (Fsp3) is 0.154. The average molecular weight is 294 g/mol. The van der Waals surface area contributed by atoms with E-state index >= 15 is 0 Å². The molecule has 8 heteroatoms. The van der Waals surface area contributed by atoms with Gasteiger partial charge in [0.15, 0.2) is 5.92 Å². The van der Waals surface area contributed by atoms with Crippen molar-refractivity contribution in [1.29, 1.82) is 5.26 Å². The number of aromatic nitrogens is 2. The van der Waals surface area contributed by atoms with Crippen LogP contribution in [0.2, 0.25) is 0 Å². The summed E-state index contributed by atoms with van der Waals surface area (Å²) in [5, 5.41) is 11.2. The molecule has 0 unspecified atom stereocenters. The van der Waals surface area contributed by atoms with Crippen LogP contribution in [0.5, 0.6) is 0 Å². The van der Waals surface area contributed by atoms with E-state index in [1.54, 1.807) is 6.07 Å². The molecule has 0 saturated heterocycles. The Hall–Kier alpha value is -2.82. The van der Waals surface area contributed by atoms with E-state index in [4.69, 9.17) is 5.26 Å². The number of alkyl halides is 2. The van der Waals surface area contributed by atoms with Crippen molar-refractivity contribution in [2.24, 2.45) is 0 Å². The van der Waals surface area contributed by atoms with Crippen LogP contribution in [-0.4, -0.2) is 15.5 Å². The molecule has 1 atom stereocenters. The quantitative estimate of drug-likeness (QED) is 0.942. The molecule has 2 rings (SSSR count). The molecule has 0 aliphatic heterocycles. The van der Waals surface area contributed by atoms with Gasteiger partial charge in [0.05, 0.1) is 11.8 Å². The summed E-state index contributed by atoms with van der Waals surface area (Å²) in [5.41, 5.74) is -0.141. The predicted octanol–water partition coefficient (Wildman–Crippen LogP) is 2.66. The second kappa shape index (κ2) is 6.09. The van der Waals surface area contributed by atoms with E-state index in [0.717, 1.165) is 18.5 Å². The van der Waals surface area contributed by atoms with E-state index in [1.807, 2.05) is 0 Å². The van der Waals surface area contributed by atoms with Crippen molar-refractivity contribution in [3.63, 3.8) is 0 Å². The summed E-state index contributed by atoms with van der Waals surface area (Å²) < 4.78 is 39.3. The van der Waals surface area contributed by atoms with Crippen LogP contribution in [0.15, 0.2) is 36.7 Å². The van der Waals surface area contributed by atoms with Gasteiger partial charge in [-0.05, 0) is 12.1 Å². The van der Waals surface area contributed by atoms with Gasteiger partial charge in [-0.25, -0.2) is 9.37 Å². The zero-order valence-corrected chi connectivity index (χ0v) is 10.5. The number of nitriles is 1. The van der Waals surface area contributed by atoms with Crippen LogP contribution in [0.4, 0.5) is 18.9 Å². The SMILES string of the molecule is N#C[C@@H](C(=O)Nc1ccccc1F)c1nccn1C(F)F. The minimum Gasteiger partial charge on any atom is -0.322 e. The Labute approximate surface area is 117 Å². The van der Waals surface area contributed by atoms with Crippen LogP contribution in [0.3, 0.4) is 0 Å². The molecule has 0 aliphatic rings. The Morgan fingerprint density at radius 1 is 1.38 bits per heavy atom. The number of carbonyl (C=O) groups is 1. The number of rotatable bonds is 4. The molecule has 5 nitrogen and oxygen atoms in total. The molecule has 1 heterocycles. The van der Waals surface area contributed by atoms with Crippen molar-refractivity contribution in [3.8, 4) is 6.07 Å². The number of imidazole rings is 1. The third-order valence-electron chi connectivity index (χ3n) is 2.69. The maximum absolute atomic E-state index is 13.4. The van der Waals surface area contributed by atoms with Gasteiger partial charge in [0.2, 0.25) is 5.91 Å². The van der Waals surface area contributed by atoms with Gasteiger partial charge in [-0.3, -0.25) is 9.36 Å². The number of para-hydroxylation sites is 1. The molecule has 0 fully saturated rings. The zero-order chi connectivity index (χ0) is 15.4. The first-order chi connectivity index (χ1) is 10.0. The third kappa shape index (κ3) is 3.02. The lowest BCUT2D eigenvalue weighted by Gasteiger charge is -2.12. The van der Waals surface area contributed by atoms with E-state index in [-0.39, 0.29) is 5.69 Å². The molecule has 0 spiro atoms. The number of nitrogens with zero attached hydrogens (tertiary/aromatic N) is 3. The summed E-state index contributed by atoms with van der Waals surface area (Å²) >= 11 is 0. The fourth-order valence-corrected chi connectivity index (χ4v) is 1.71. The molecule has 2 aromatic rings. The molecule has 0 aliphatic carbocycles. The van der Waals surface area contributed by atoms with Gasteiger partial charge in [0.1, 0.15) is 11.6 Å². The van der Waals surface area contributed by atoms with Crippen LogP contribution in [-0.2, 0) is 4.79 Å². The normalized spacial score (nSPS) is 12.0. The molecular weight excluding hydrogens is 285 g/mol. The Kier molecular flexibility index (Phi) is 4.23. The smallest absolute Gasteiger partial charge is 0.319 e. The lowest BCUT2D eigenvalue weighted by atomic mass is 10.1. The van der Waals surface area contributed by atoms with E-state index in [9.17, 15) is 18.0 Å². The average Bonchev–Trinajstić information content (AvgIpc) is 2.91. The highest BCUT2D eigenvalue weighted by Gasteiger charge is 2.27. The van der Waals surface area contributed by atoms with Gasteiger partial charge >= 0.3 is 6.55 Å². The maximum Gasteiger partial charge on any atom is 0.319 e. The molecule has 0 bridgehead atoms. The van der Waals surface area contributed by atoms with E-state index < -0.39 is 30.0 Å². The third-order valence-corrected chi connectivity index (χ3v) is 2.69. The van der Waals surface area contributed by atoms with Gasteiger partial charge in [-0.1, -0.05) is 12.1 Å². The standard InChI is InChI=1S/C13H9F3N4O/c14-9-3-1-2-4-10(9)19-12(21)8(7-17)11-18-5-6-20(11)13(15)16/h1-6,8,13H,(H,19,21)/t8-/m1/s1. The number of benzene rings is 1. The molecule has 1 aromatic heterocycles. The number of nitrogens with one attached hydrogen (secondary N) is 1. The topological polar surface area (TPSA) is 70.7 Å². The Morgan fingerprint density at radius 3 is 2.71 bits per heavy atom. The second-order valence-corrected chi connectivity index (χ2v) is 4.00. The molecule has 21 heavy (non-hydrogen) atoms. The van der Waals surface area contributed by atoms with Gasteiger partial charge in [0, 0.05) is 12.4 Å². The van der Waals surface area contributed by atoms with Crippen molar-refractivity contribution in [3.05, 3.63) is 48.3 Å². The summed E-state index contributed by atoms with van der Waals surface area (Å²) in [7, 11) is 0. The number of carbonyl (C=O) groups excluding carboxylic acids is 1. The molecule has 1 aromatic carbocycles. The van der Waals surface area contributed by atoms with Crippen molar-refractivity contribution in [2.45, 2.75) is 12.5 Å². The monoisotopic (exact) mass is 294 g/mol. The summed E-state index contributed by atoms with van der Waals surface area (Å²) in [4.78, 5) is 15.6. The fourth-order valence-electron chi connectivity index (χ4n) is 1.71. The molecule has 0 radical (unpaired) electrons. The molecule has 0 saturated carbocycles. The first-order valence-electron chi connectivity index (χ1n) is 5.80. The van der Waals surface area contributed by atoms with Gasteiger partial charge in [-0.2, -0.15) is 14.0 Å². The highest BCUT2D eigenvalue weighted by molar-refractivity contribution is 5.97. The van der Waals surface area contributed by atoms with E-state index in [1.165, 1.54) is 18.2 Å². The minimum absolute atomic E-state index is 0.141. The summed E-state index contributed by atoms with van der Waals surface area (Å²) in [6.07, 6.45) is 2.02. The van der Waals surface area contributed by atoms with Crippen molar-refractivity contribution in [1.82, 2.24) is 9.55 Å². The Morgan fingerprint density at radius 2 is 2.10 bits per heavy atom. The number of halogens is 3. The summed E-state index contributed by atoms with van der Waals surface area (Å²) in [5.74, 6) is -3.61. The van der Waals surface area contributed by atoms with Gasteiger partial charge < -0.3 is 5.32 Å². The Bertz CT molecular complexity index is 693. The molecule has 1 N–H and O–H groups in total. The maximum atomic E-state index is 13.4. The minimum atomic E-state index is -2.93. The first-order valence-corrected chi connectivity index (χ1v) is 5.80. The summed E-state index contributed by atoms with van der Waals surface area (Å²) in [6.45, 7) is -2.93. The van der Waals surface area contributed by atoms with Crippen molar-refractivity contribution in [2.75, 3.05) is 5.32 Å². The number of anilines is 1. The van der Waals surface area contributed by atoms with Crippen LogP contribution >= 0.6 is 0 Å². The highest BCUT2D eigenvalue weighted by atomic mass is 19.3. The number of hydrogen-bond acceptors (Lipinski definition) is 3. The van der Waals surface area contributed by atoms with Gasteiger partial charge in [-0.15, -0.1) is 0 Å². The predicted molar refractivity (Wildman–Crippen MR) is 66.9 cm³/mol.